The summed E-state index contributed by atoms with van der Waals surface area (Å²) in [5.41, 5.74) is 2.05. The van der Waals surface area contributed by atoms with E-state index in [0.29, 0.717) is 37.4 Å². The van der Waals surface area contributed by atoms with Crippen LogP contribution in [0.2, 0.25) is 5.02 Å². The van der Waals surface area contributed by atoms with Gasteiger partial charge < -0.3 is 10.0 Å². The molecule has 0 aromatic heterocycles. The number of likely N-dealkylation sites (tertiary alicyclic amines) is 1. The van der Waals surface area contributed by atoms with Crippen molar-refractivity contribution in [3.05, 3.63) is 34.3 Å². The SMILES string of the molecule is Cc1ccc(CCC(=O)N2CCC(C(=O)O)C2)cc1Cl. The smallest absolute Gasteiger partial charge is 0.308 e. The topological polar surface area (TPSA) is 57.6 Å². The number of benzene rings is 1. The standard InChI is InChI=1S/C15H18ClNO3/c1-10-2-3-11(8-13(10)16)4-5-14(18)17-7-6-12(9-17)15(19)20/h2-3,8,12H,4-7,9H2,1H3,(H,19,20). The highest BCUT2D eigenvalue weighted by Gasteiger charge is 2.30. The second-order valence-corrected chi connectivity index (χ2v) is 5.65. The summed E-state index contributed by atoms with van der Waals surface area (Å²) in [6.07, 6.45) is 1.58. The molecule has 1 fully saturated rings. The molecule has 1 saturated heterocycles. The molecule has 1 aliphatic heterocycles. The first-order valence-electron chi connectivity index (χ1n) is 6.73. The fourth-order valence-corrected chi connectivity index (χ4v) is 2.59. The summed E-state index contributed by atoms with van der Waals surface area (Å²) < 4.78 is 0. The Kier molecular flexibility index (Phi) is 4.65. The second kappa shape index (κ2) is 6.27. The highest BCUT2D eigenvalue weighted by atomic mass is 35.5. The zero-order valence-electron chi connectivity index (χ0n) is 11.4. The minimum absolute atomic E-state index is 0.0189. The van der Waals surface area contributed by atoms with Crippen LogP contribution >= 0.6 is 11.6 Å². The number of amides is 1. The maximum Gasteiger partial charge on any atom is 0.308 e. The summed E-state index contributed by atoms with van der Waals surface area (Å²) in [5.74, 6) is -1.20. The Bertz CT molecular complexity index is 530. The van der Waals surface area contributed by atoms with E-state index in [2.05, 4.69) is 0 Å². The molecule has 4 nitrogen and oxygen atoms in total. The van der Waals surface area contributed by atoms with Crippen LogP contribution in [0.25, 0.3) is 0 Å². The van der Waals surface area contributed by atoms with E-state index in [4.69, 9.17) is 16.7 Å². The number of halogens is 1. The van der Waals surface area contributed by atoms with E-state index in [0.717, 1.165) is 11.1 Å². The fourth-order valence-electron chi connectivity index (χ4n) is 2.39. The molecule has 1 atom stereocenters. The predicted octanol–water partition coefficient (Wildman–Crippen LogP) is 2.51. The molecule has 0 saturated carbocycles. The largest absolute Gasteiger partial charge is 0.481 e. The van der Waals surface area contributed by atoms with Gasteiger partial charge in [-0.25, -0.2) is 0 Å². The Balaban J connectivity index is 1.86. The molecule has 1 amide bonds. The Labute approximate surface area is 123 Å². The molecule has 20 heavy (non-hydrogen) atoms. The molecule has 1 aromatic rings. The minimum atomic E-state index is -0.814. The van der Waals surface area contributed by atoms with Crippen LogP contribution in [-0.4, -0.2) is 35.0 Å². The minimum Gasteiger partial charge on any atom is -0.481 e. The summed E-state index contributed by atoms with van der Waals surface area (Å²) in [6, 6.07) is 5.80. The van der Waals surface area contributed by atoms with Crippen molar-refractivity contribution in [1.29, 1.82) is 0 Å². The van der Waals surface area contributed by atoms with Crippen molar-refractivity contribution in [2.75, 3.05) is 13.1 Å². The van der Waals surface area contributed by atoms with Gasteiger partial charge in [-0.1, -0.05) is 23.7 Å². The summed E-state index contributed by atoms with van der Waals surface area (Å²) in [5, 5.41) is 9.63. The van der Waals surface area contributed by atoms with Gasteiger partial charge in [-0.15, -0.1) is 0 Å². The number of carbonyl (C=O) groups is 2. The van der Waals surface area contributed by atoms with Crippen LogP contribution in [0.4, 0.5) is 0 Å². The van der Waals surface area contributed by atoms with E-state index >= 15 is 0 Å². The van der Waals surface area contributed by atoms with Crippen LogP contribution in [0.5, 0.6) is 0 Å². The molecule has 0 radical (unpaired) electrons. The average molecular weight is 296 g/mol. The van der Waals surface area contributed by atoms with Crippen LogP contribution in [0.1, 0.15) is 24.0 Å². The van der Waals surface area contributed by atoms with Gasteiger partial charge in [0.1, 0.15) is 0 Å². The lowest BCUT2D eigenvalue weighted by atomic mass is 10.1. The molecule has 0 spiro atoms. The molecule has 1 aromatic carbocycles. The Morgan fingerprint density at radius 2 is 2.20 bits per heavy atom. The molecule has 0 aliphatic carbocycles. The first-order chi connectivity index (χ1) is 9.47. The number of hydrogen-bond acceptors (Lipinski definition) is 2. The average Bonchev–Trinajstić information content (AvgIpc) is 2.89. The van der Waals surface area contributed by atoms with Gasteiger partial charge in [0.05, 0.1) is 5.92 Å². The third-order valence-corrected chi connectivity index (χ3v) is 4.16. The number of aliphatic carboxylic acids is 1. The van der Waals surface area contributed by atoms with Crippen molar-refractivity contribution in [2.24, 2.45) is 5.92 Å². The van der Waals surface area contributed by atoms with Gasteiger partial charge in [0, 0.05) is 24.5 Å². The number of carboxylic acid groups (broad SMARTS) is 1. The van der Waals surface area contributed by atoms with Crippen molar-refractivity contribution < 1.29 is 14.7 Å². The number of carboxylic acids is 1. The number of rotatable bonds is 4. The van der Waals surface area contributed by atoms with E-state index in [9.17, 15) is 9.59 Å². The first kappa shape index (κ1) is 14.9. The monoisotopic (exact) mass is 295 g/mol. The van der Waals surface area contributed by atoms with Crippen LogP contribution in [-0.2, 0) is 16.0 Å². The third-order valence-electron chi connectivity index (χ3n) is 3.75. The lowest BCUT2D eigenvalue weighted by Gasteiger charge is -2.15. The number of nitrogens with zero attached hydrogens (tertiary/aromatic N) is 1. The first-order valence-corrected chi connectivity index (χ1v) is 7.11. The van der Waals surface area contributed by atoms with E-state index < -0.39 is 11.9 Å². The fraction of sp³-hybridized carbons (Fsp3) is 0.467. The van der Waals surface area contributed by atoms with Gasteiger partial charge >= 0.3 is 5.97 Å². The highest BCUT2D eigenvalue weighted by molar-refractivity contribution is 6.31. The maximum atomic E-state index is 12.0. The molecular formula is C15H18ClNO3. The molecule has 2 rings (SSSR count). The second-order valence-electron chi connectivity index (χ2n) is 5.25. The van der Waals surface area contributed by atoms with Crippen molar-refractivity contribution in [2.45, 2.75) is 26.2 Å². The predicted molar refractivity (Wildman–Crippen MR) is 76.8 cm³/mol. The van der Waals surface area contributed by atoms with Gasteiger partial charge in [-0.3, -0.25) is 9.59 Å². The van der Waals surface area contributed by atoms with E-state index in [-0.39, 0.29) is 5.91 Å². The molecule has 1 heterocycles. The van der Waals surface area contributed by atoms with E-state index in [1.54, 1.807) is 4.90 Å². The maximum absolute atomic E-state index is 12.0. The summed E-state index contributed by atoms with van der Waals surface area (Å²) in [4.78, 5) is 24.6. The van der Waals surface area contributed by atoms with Gasteiger partial charge in [-0.05, 0) is 37.0 Å². The Morgan fingerprint density at radius 1 is 1.45 bits per heavy atom. The van der Waals surface area contributed by atoms with Crippen molar-refractivity contribution >= 4 is 23.5 Å². The van der Waals surface area contributed by atoms with E-state index in [1.807, 2.05) is 25.1 Å². The van der Waals surface area contributed by atoms with Crippen molar-refractivity contribution in [1.82, 2.24) is 4.90 Å². The zero-order valence-corrected chi connectivity index (χ0v) is 12.2. The van der Waals surface area contributed by atoms with Crippen LogP contribution in [0, 0.1) is 12.8 Å². The van der Waals surface area contributed by atoms with Gasteiger partial charge in [0.25, 0.3) is 0 Å². The zero-order chi connectivity index (χ0) is 14.7. The van der Waals surface area contributed by atoms with Crippen LogP contribution in [0.15, 0.2) is 18.2 Å². The highest BCUT2D eigenvalue weighted by Crippen LogP contribution is 2.20. The lowest BCUT2D eigenvalue weighted by molar-refractivity contribution is -0.141. The number of hydrogen-bond donors (Lipinski definition) is 1. The molecule has 1 N–H and O–H groups in total. The molecule has 1 unspecified atom stereocenters. The van der Waals surface area contributed by atoms with Crippen LogP contribution < -0.4 is 0 Å². The van der Waals surface area contributed by atoms with Crippen LogP contribution in [0.3, 0.4) is 0 Å². The molecule has 108 valence electrons. The van der Waals surface area contributed by atoms with Gasteiger partial charge in [-0.2, -0.15) is 0 Å². The summed E-state index contributed by atoms with van der Waals surface area (Å²) in [7, 11) is 0. The Hall–Kier alpha value is -1.55. The molecule has 1 aliphatic rings. The quantitative estimate of drug-likeness (QED) is 0.928. The lowest BCUT2D eigenvalue weighted by Crippen LogP contribution is -2.30. The summed E-state index contributed by atoms with van der Waals surface area (Å²) >= 11 is 6.05. The molecular weight excluding hydrogens is 278 g/mol. The molecule has 5 heteroatoms. The van der Waals surface area contributed by atoms with Gasteiger partial charge in [0.15, 0.2) is 0 Å². The van der Waals surface area contributed by atoms with E-state index in [1.165, 1.54) is 0 Å². The van der Waals surface area contributed by atoms with Crippen molar-refractivity contribution in [3.8, 4) is 0 Å². The third kappa shape index (κ3) is 3.51. The van der Waals surface area contributed by atoms with Gasteiger partial charge in [0.2, 0.25) is 5.91 Å². The normalized spacial score (nSPS) is 18.3. The summed E-state index contributed by atoms with van der Waals surface area (Å²) in [6.45, 7) is 2.82. The number of aryl methyl sites for hydroxylation is 2. The van der Waals surface area contributed by atoms with Crippen molar-refractivity contribution in [3.63, 3.8) is 0 Å². The number of carbonyl (C=O) groups excluding carboxylic acids is 1. The Morgan fingerprint density at radius 3 is 2.80 bits per heavy atom. The molecule has 0 bridgehead atoms.